The highest BCUT2D eigenvalue weighted by atomic mass is 35.5. The van der Waals surface area contributed by atoms with E-state index in [2.05, 4.69) is 14.8 Å². The monoisotopic (exact) mass is 392 g/mol. The molecule has 0 aliphatic heterocycles. The van der Waals surface area contributed by atoms with Gasteiger partial charge in [0.15, 0.2) is 0 Å². The van der Waals surface area contributed by atoms with E-state index < -0.39 is 28.5 Å². The van der Waals surface area contributed by atoms with Gasteiger partial charge >= 0.3 is 11.9 Å². The van der Waals surface area contributed by atoms with Crippen molar-refractivity contribution in [1.29, 1.82) is 0 Å². The van der Waals surface area contributed by atoms with Crippen molar-refractivity contribution >= 4 is 40.8 Å². The highest BCUT2D eigenvalue weighted by molar-refractivity contribution is 6.31. The number of esters is 2. The Morgan fingerprint density at radius 3 is 2.04 bits per heavy atom. The van der Waals surface area contributed by atoms with E-state index in [1.807, 2.05) is 0 Å². The van der Waals surface area contributed by atoms with E-state index in [1.54, 1.807) is 0 Å². The van der Waals surface area contributed by atoms with Crippen molar-refractivity contribution in [1.82, 2.24) is 0 Å². The van der Waals surface area contributed by atoms with Crippen LogP contribution in [0.1, 0.15) is 31.1 Å². The fourth-order valence-electron chi connectivity index (χ4n) is 2.22. The number of hydrogen-bond acceptors (Lipinski definition) is 7. The molecule has 2 aromatic rings. The van der Waals surface area contributed by atoms with Crippen LogP contribution in [0.4, 0.5) is 11.4 Å². The Hall–Kier alpha value is -3.46. The normalized spacial score (nSPS) is 10.0. The summed E-state index contributed by atoms with van der Waals surface area (Å²) in [5, 5.41) is 13.6. The van der Waals surface area contributed by atoms with Crippen LogP contribution in [0.2, 0.25) is 5.02 Å². The molecule has 0 radical (unpaired) electrons. The summed E-state index contributed by atoms with van der Waals surface area (Å²) in [6.07, 6.45) is 0. The Kier molecular flexibility index (Phi) is 6.09. The average molecular weight is 393 g/mol. The van der Waals surface area contributed by atoms with E-state index in [4.69, 9.17) is 11.6 Å². The molecule has 0 heterocycles. The lowest BCUT2D eigenvalue weighted by Crippen LogP contribution is -2.15. The maximum absolute atomic E-state index is 12.5. The highest BCUT2D eigenvalue weighted by Crippen LogP contribution is 2.25. The Balaban J connectivity index is 2.44. The smallest absolute Gasteiger partial charge is 0.337 e. The van der Waals surface area contributed by atoms with Crippen LogP contribution in [0.25, 0.3) is 0 Å². The first kappa shape index (κ1) is 19.9. The van der Waals surface area contributed by atoms with Gasteiger partial charge in [-0.25, -0.2) is 9.59 Å². The summed E-state index contributed by atoms with van der Waals surface area (Å²) in [5.74, 6) is -2.31. The Labute approximate surface area is 158 Å². The number of amides is 1. The molecule has 0 saturated heterocycles. The molecule has 0 saturated carbocycles. The standard InChI is InChI=1S/C17H13ClN2O7/c1-26-16(22)9-5-10(17(23)27-2)7-12(6-9)19-15(21)13-4-3-11(18)8-14(13)20(24)25/h3-8H,1-2H3,(H,19,21). The number of carbonyl (C=O) groups is 3. The molecular weight excluding hydrogens is 380 g/mol. The number of nitro benzene ring substituents is 1. The zero-order chi connectivity index (χ0) is 20.1. The summed E-state index contributed by atoms with van der Waals surface area (Å²) < 4.78 is 9.21. The molecule has 0 bridgehead atoms. The van der Waals surface area contributed by atoms with E-state index >= 15 is 0 Å². The van der Waals surface area contributed by atoms with E-state index in [9.17, 15) is 24.5 Å². The second kappa shape index (κ2) is 8.28. The molecule has 140 valence electrons. The quantitative estimate of drug-likeness (QED) is 0.470. The summed E-state index contributed by atoms with van der Waals surface area (Å²) in [5.41, 5.74) is -0.708. The maximum atomic E-state index is 12.5. The van der Waals surface area contributed by atoms with Gasteiger partial charge in [0.05, 0.1) is 30.3 Å². The number of halogens is 1. The molecule has 10 heteroatoms. The summed E-state index contributed by atoms with van der Waals surface area (Å²) in [7, 11) is 2.31. The lowest BCUT2D eigenvalue weighted by Gasteiger charge is -2.10. The number of ether oxygens (including phenoxy) is 2. The largest absolute Gasteiger partial charge is 0.465 e. The summed E-state index contributed by atoms with van der Waals surface area (Å²) in [6, 6.07) is 7.32. The van der Waals surface area contributed by atoms with Gasteiger partial charge in [-0.05, 0) is 30.3 Å². The lowest BCUT2D eigenvalue weighted by atomic mass is 10.1. The summed E-state index contributed by atoms with van der Waals surface area (Å²) in [4.78, 5) is 46.4. The molecular formula is C17H13ClN2O7. The molecule has 27 heavy (non-hydrogen) atoms. The molecule has 0 aliphatic rings. The van der Waals surface area contributed by atoms with Crippen LogP contribution in [0, 0.1) is 10.1 Å². The fourth-order valence-corrected chi connectivity index (χ4v) is 2.38. The molecule has 1 amide bonds. The van der Waals surface area contributed by atoms with Crippen molar-refractivity contribution in [3.8, 4) is 0 Å². The van der Waals surface area contributed by atoms with Gasteiger partial charge in [0.1, 0.15) is 5.56 Å². The van der Waals surface area contributed by atoms with Gasteiger partial charge in [0, 0.05) is 16.8 Å². The van der Waals surface area contributed by atoms with Crippen LogP contribution in [0.3, 0.4) is 0 Å². The van der Waals surface area contributed by atoms with Gasteiger partial charge in [0.2, 0.25) is 0 Å². The maximum Gasteiger partial charge on any atom is 0.337 e. The Morgan fingerprint density at radius 2 is 1.56 bits per heavy atom. The number of rotatable bonds is 5. The number of hydrogen-bond donors (Lipinski definition) is 1. The number of nitro groups is 1. The molecule has 0 unspecified atom stereocenters. The van der Waals surface area contributed by atoms with Crippen molar-refractivity contribution in [3.05, 3.63) is 68.2 Å². The minimum Gasteiger partial charge on any atom is -0.465 e. The first-order chi connectivity index (χ1) is 12.8. The number of nitrogens with zero attached hydrogens (tertiary/aromatic N) is 1. The number of benzene rings is 2. The van der Waals surface area contributed by atoms with Crippen molar-refractivity contribution in [2.75, 3.05) is 19.5 Å². The third kappa shape index (κ3) is 4.59. The van der Waals surface area contributed by atoms with Gasteiger partial charge in [-0.15, -0.1) is 0 Å². The van der Waals surface area contributed by atoms with Crippen LogP contribution in [-0.2, 0) is 9.47 Å². The highest BCUT2D eigenvalue weighted by Gasteiger charge is 2.22. The fraction of sp³-hybridized carbons (Fsp3) is 0.118. The molecule has 0 atom stereocenters. The Morgan fingerprint density at radius 1 is 1.00 bits per heavy atom. The zero-order valence-corrected chi connectivity index (χ0v) is 14.9. The average Bonchev–Trinajstić information content (AvgIpc) is 2.65. The first-order valence-corrected chi connectivity index (χ1v) is 7.71. The molecule has 0 aliphatic carbocycles. The third-order valence-corrected chi connectivity index (χ3v) is 3.67. The van der Waals surface area contributed by atoms with Gasteiger partial charge in [-0.3, -0.25) is 14.9 Å². The van der Waals surface area contributed by atoms with E-state index in [1.165, 1.54) is 30.3 Å². The molecule has 0 spiro atoms. The summed E-state index contributed by atoms with van der Waals surface area (Å²) in [6.45, 7) is 0. The van der Waals surface area contributed by atoms with E-state index in [-0.39, 0.29) is 27.4 Å². The topological polar surface area (TPSA) is 125 Å². The van der Waals surface area contributed by atoms with Crippen molar-refractivity contribution in [2.24, 2.45) is 0 Å². The minimum atomic E-state index is -0.823. The van der Waals surface area contributed by atoms with Crippen molar-refractivity contribution < 1.29 is 28.8 Å². The van der Waals surface area contributed by atoms with Gasteiger partial charge in [-0.2, -0.15) is 0 Å². The van der Waals surface area contributed by atoms with Crippen molar-refractivity contribution in [2.45, 2.75) is 0 Å². The Bertz CT molecular complexity index is 909. The lowest BCUT2D eigenvalue weighted by molar-refractivity contribution is -0.385. The van der Waals surface area contributed by atoms with Crippen LogP contribution in [0.15, 0.2) is 36.4 Å². The van der Waals surface area contributed by atoms with Gasteiger partial charge in [-0.1, -0.05) is 11.6 Å². The van der Waals surface area contributed by atoms with Crippen molar-refractivity contribution in [3.63, 3.8) is 0 Å². The van der Waals surface area contributed by atoms with Crippen LogP contribution >= 0.6 is 11.6 Å². The van der Waals surface area contributed by atoms with Gasteiger partial charge < -0.3 is 14.8 Å². The predicted molar refractivity (Wildman–Crippen MR) is 95.2 cm³/mol. The van der Waals surface area contributed by atoms with E-state index in [0.29, 0.717) is 0 Å². The molecule has 2 rings (SSSR count). The van der Waals surface area contributed by atoms with Crippen LogP contribution in [0.5, 0.6) is 0 Å². The van der Waals surface area contributed by atoms with Crippen LogP contribution in [-0.4, -0.2) is 37.0 Å². The number of anilines is 1. The molecule has 2 aromatic carbocycles. The second-order valence-corrected chi connectivity index (χ2v) is 5.59. The van der Waals surface area contributed by atoms with Gasteiger partial charge in [0.25, 0.3) is 11.6 Å². The van der Waals surface area contributed by atoms with E-state index in [0.717, 1.165) is 20.3 Å². The van der Waals surface area contributed by atoms with Crippen LogP contribution < -0.4 is 5.32 Å². The summed E-state index contributed by atoms with van der Waals surface area (Å²) >= 11 is 5.73. The molecule has 1 N–H and O–H groups in total. The number of carbonyl (C=O) groups excluding carboxylic acids is 3. The zero-order valence-electron chi connectivity index (χ0n) is 14.1. The third-order valence-electron chi connectivity index (χ3n) is 3.43. The first-order valence-electron chi connectivity index (χ1n) is 7.33. The predicted octanol–water partition coefficient (Wildman–Crippen LogP) is 3.07. The minimum absolute atomic E-state index is 0.0127. The SMILES string of the molecule is COC(=O)c1cc(NC(=O)c2ccc(Cl)cc2[N+](=O)[O-])cc(C(=O)OC)c1. The number of methoxy groups -OCH3 is 2. The number of nitrogens with one attached hydrogen (secondary N) is 1. The second-order valence-electron chi connectivity index (χ2n) is 5.15. The molecule has 0 aromatic heterocycles. The molecule has 0 fully saturated rings. The molecule has 9 nitrogen and oxygen atoms in total.